The third-order valence-corrected chi connectivity index (χ3v) is 5.88. The van der Waals surface area contributed by atoms with Gasteiger partial charge in [-0.3, -0.25) is 9.69 Å². The summed E-state index contributed by atoms with van der Waals surface area (Å²) in [5.74, 6) is -1.29. The van der Waals surface area contributed by atoms with Crippen LogP contribution in [0.1, 0.15) is 35.2 Å². The highest BCUT2D eigenvalue weighted by Crippen LogP contribution is 2.39. The Bertz CT molecular complexity index is 890. The lowest BCUT2D eigenvalue weighted by atomic mass is 9.79. The van der Waals surface area contributed by atoms with E-state index in [2.05, 4.69) is 9.88 Å². The second kappa shape index (κ2) is 7.47. The molecule has 0 aliphatic carbocycles. The molecule has 148 valence electrons. The van der Waals surface area contributed by atoms with E-state index in [9.17, 15) is 13.6 Å². The number of likely N-dealkylation sites (tertiary alicyclic amines) is 2. The number of piperidine rings is 1. The monoisotopic (exact) mass is 386 g/mol. The van der Waals surface area contributed by atoms with Gasteiger partial charge in [0.2, 0.25) is 0 Å². The highest BCUT2D eigenvalue weighted by molar-refractivity contribution is 5.95. The second-order valence-electron chi connectivity index (χ2n) is 8.01. The van der Waals surface area contributed by atoms with Crippen molar-refractivity contribution in [3.05, 3.63) is 59.3 Å². The van der Waals surface area contributed by atoms with Gasteiger partial charge in [0.15, 0.2) is 11.6 Å². The van der Waals surface area contributed by atoms with Crippen LogP contribution in [0.15, 0.2) is 36.5 Å². The molecular weight excluding hydrogens is 362 g/mol. The van der Waals surface area contributed by atoms with Crippen molar-refractivity contribution >= 4 is 11.7 Å². The molecule has 5 nitrogen and oxygen atoms in total. The van der Waals surface area contributed by atoms with Gasteiger partial charge >= 0.3 is 0 Å². The van der Waals surface area contributed by atoms with Crippen LogP contribution in [0.5, 0.6) is 0 Å². The number of nitrogen functional groups attached to an aromatic ring is 1. The number of aromatic nitrogens is 1. The lowest BCUT2D eigenvalue weighted by molar-refractivity contribution is 0.0675. The zero-order valence-electron chi connectivity index (χ0n) is 15.7. The van der Waals surface area contributed by atoms with Gasteiger partial charge in [-0.05, 0) is 55.6 Å². The molecule has 1 aromatic carbocycles. The molecule has 2 saturated heterocycles. The fraction of sp³-hybridized carbons (Fsp3) is 0.429. The topological polar surface area (TPSA) is 62.5 Å². The van der Waals surface area contributed by atoms with Gasteiger partial charge in [-0.15, -0.1) is 0 Å². The van der Waals surface area contributed by atoms with Crippen LogP contribution in [0.25, 0.3) is 0 Å². The number of nitrogens with two attached hydrogens (primary N) is 1. The first-order valence-corrected chi connectivity index (χ1v) is 9.61. The Hall–Kier alpha value is -2.54. The van der Waals surface area contributed by atoms with Crippen molar-refractivity contribution in [1.29, 1.82) is 0 Å². The Morgan fingerprint density at radius 1 is 1.11 bits per heavy atom. The highest BCUT2D eigenvalue weighted by atomic mass is 19.2. The molecule has 2 fully saturated rings. The third kappa shape index (κ3) is 3.85. The van der Waals surface area contributed by atoms with E-state index in [0.717, 1.165) is 44.5 Å². The molecule has 0 saturated carbocycles. The number of pyridine rings is 1. The molecule has 0 radical (unpaired) electrons. The standard InChI is InChI=1S/C21H24F2N4O/c22-17-3-2-15(10-18(17)23)12-26-8-1-5-21(13-26)6-9-27(14-21)20(28)16-4-7-25-19(24)11-16/h2-4,7,10-11H,1,5-6,8-9,12-14H2,(H2,24,25)/t21-/m1/s1. The number of nitrogens with zero attached hydrogens (tertiary/aromatic N) is 3. The van der Waals surface area contributed by atoms with Crippen LogP contribution in [0.4, 0.5) is 14.6 Å². The number of hydrogen-bond acceptors (Lipinski definition) is 4. The smallest absolute Gasteiger partial charge is 0.254 e. The van der Waals surface area contributed by atoms with Gasteiger partial charge in [0.05, 0.1) is 0 Å². The molecule has 4 rings (SSSR count). The van der Waals surface area contributed by atoms with Crippen molar-refractivity contribution in [3.63, 3.8) is 0 Å². The van der Waals surface area contributed by atoms with Crippen molar-refractivity contribution in [2.24, 2.45) is 5.41 Å². The Morgan fingerprint density at radius 3 is 2.75 bits per heavy atom. The summed E-state index contributed by atoms with van der Waals surface area (Å²) in [6.07, 6.45) is 4.61. The molecule has 0 unspecified atom stereocenters. The van der Waals surface area contributed by atoms with Crippen LogP contribution in [-0.4, -0.2) is 46.9 Å². The predicted molar refractivity (Wildman–Crippen MR) is 102 cm³/mol. The summed E-state index contributed by atoms with van der Waals surface area (Å²) >= 11 is 0. The quantitative estimate of drug-likeness (QED) is 0.881. The van der Waals surface area contributed by atoms with Crippen LogP contribution in [0.3, 0.4) is 0 Å². The molecule has 2 N–H and O–H groups in total. The Labute approximate surface area is 163 Å². The van der Waals surface area contributed by atoms with Crippen molar-refractivity contribution in [2.45, 2.75) is 25.8 Å². The van der Waals surface area contributed by atoms with Gasteiger partial charge in [0, 0.05) is 43.4 Å². The molecule has 1 amide bonds. The summed E-state index contributed by atoms with van der Waals surface area (Å²) in [4.78, 5) is 20.9. The predicted octanol–water partition coefficient (Wildman–Crippen LogP) is 3.07. The van der Waals surface area contributed by atoms with Gasteiger partial charge in [0.25, 0.3) is 5.91 Å². The average molecular weight is 386 g/mol. The number of rotatable bonds is 3. The largest absolute Gasteiger partial charge is 0.384 e. The number of hydrogen-bond donors (Lipinski definition) is 1. The van der Waals surface area contributed by atoms with Crippen molar-refractivity contribution in [1.82, 2.24) is 14.8 Å². The van der Waals surface area contributed by atoms with Crippen LogP contribution in [0, 0.1) is 17.0 Å². The fourth-order valence-electron chi connectivity index (χ4n) is 4.55. The normalized spacial score (nSPS) is 22.7. The minimum Gasteiger partial charge on any atom is -0.384 e. The minimum atomic E-state index is -0.819. The van der Waals surface area contributed by atoms with E-state index in [1.165, 1.54) is 12.1 Å². The molecule has 1 aromatic heterocycles. The zero-order valence-corrected chi connectivity index (χ0v) is 15.7. The third-order valence-electron chi connectivity index (χ3n) is 5.88. The van der Waals surface area contributed by atoms with Crippen LogP contribution in [-0.2, 0) is 6.54 Å². The summed E-state index contributed by atoms with van der Waals surface area (Å²) in [5, 5.41) is 0. The highest BCUT2D eigenvalue weighted by Gasteiger charge is 2.42. The number of amides is 1. The molecule has 2 aromatic rings. The van der Waals surface area contributed by atoms with Gasteiger partial charge < -0.3 is 10.6 Å². The zero-order chi connectivity index (χ0) is 19.7. The maximum atomic E-state index is 13.5. The summed E-state index contributed by atoms with van der Waals surface area (Å²) in [7, 11) is 0. The van der Waals surface area contributed by atoms with Crippen molar-refractivity contribution in [3.8, 4) is 0 Å². The Balaban J connectivity index is 1.42. The van der Waals surface area contributed by atoms with E-state index in [1.54, 1.807) is 24.4 Å². The van der Waals surface area contributed by atoms with Crippen LogP contribution >= 0.6 is 0 Å². The SMILES string of the molecule is Nc1cc(C(=O)N2CC[C@@]3(CCCN(Cc4ccc(F)c(F)c4)C3)C2)ccn1. The maximum Gasteiger partial charge on any atom is 0.254 e. The molecular formula is C21H24F2N4O. The average Bonchev–Trinajstić information content (AvgIpc) is 3.07. The van der Waals surface area contributed by atoms with Crippen LogP contribution in [0.2, 0.25) is 0 Å². The summed E-state index contributed by atoms with van der Waals surface area (Å²) < 4.78 is 26.7. The molecule has 2 aliphatic heterocycles. The number of carbonyl (C=O) groups excluding carboxylic acids is 1. The van der Waals surface area contributed by atoms with Gasteiger partial charge in [-0.2, -0.15) is 0 Å². The number of benzene rings is 1. The molecule has 2 aliphatic rings. The number of halogens is 2. The maximum absolute atomic E-state index is 13.5. The molecule has 1 spiro atoms. The number of anilines is 1. The van der Waals surface area contributed by atoms with E-state index in [4.69, 9.17) is 5.73 Å². The fourth-order valence-corrected chi connectivity index (χ4v) is 4.55. The summed E-state index contributed by atoms with van der Waals surface area (Å²) in [5.41, 5.74) is 7.11. The van der Waals surface area contributed by atoms with E-state index >= 15 is 0 Å². The van der Waals surface area contributed by atoms with Crippen LogP contribution < -0.4 is 5.73 Å². The van der Waals surface area contributed by atoms with E-state index < -0.39 is 11.6 Å². The van der Waals surface area contributed by atoms with E-state index in [1.807, 2.05) is 4.90 Å². The molecule has 3 heterocycles. The number of carbonyl (C=O) groups is 1. The first kappa shape index (κ1) is 18.8. The van der Waals surface area contributed by atoms with Gasteiger partial charge in [-0.1, -0.05) is 6.07 Å². The Kier molecular flexibility index (Phi) is 5.02. The lowest BCUT2D eigenvalue weighted by Crippen LogP contribution is -2.45. The first-order chi connectivity index (χ1) is 13.4. The first-order valence-electron chi connectivity index (χ1n) is 9.61. The van der Waals surface area contributed by atoms with Crippen molar-refractivity contribution in [2.75, 3.05) is 31.9 Å². The van der Waals surface area contributed by atoms with Gasteiger partial charge in [-0.25, -0.2) is 13.8 Å². The summed E-state index contributed by atoms with van der Waals surface area (Å²) in [6.45, 7) is 3.81. The van der Waals surface area contributed by atoms with E-state index in [0.29, 0.717) is 24.5 Å². The molecule has 1 atom stereocenters. The summed E-state index contributed by atoms with van der Waals surface area (Å²) in [6, 6.07) is 7.40. The lowest BCUT2D eigenvalue weighted by Gasteiger charge is -2.40. The van der Waals surface area contributed by atoms with Crippen molar-refractivity contribution < 1.29 is 13.6 Å². The Morgan fingerprint density at radius 2 is 1.96 bits per heavy atom. The molecule has 7 heteroatoms. The van der Waals surface area contributed by atoms with Gasteiger partial charge in [0.1, 0.15) is 5.82 Å². The molecule has 28 heavy (non-hydrogen) atoms. The minimum absolute atomic E-state index is 0.0105. The molecule has 0 bridgehead atoms. The van der Waals surface area contributed by atoms with E-state index in [-0.39, 0.29) is 11.3 Å². The second-order valence-corrected chi connectivity index (χ2v) is 8.01.